The molecule has 1 aromatic heterocycles. The van der Waals surface area contributed by atoms with Crippen LogP contribution in [0.2, 0.25) is 10.0 Å². The SMILES string of the molecule is [B]c1cnc(N)c(OC(C)c2c(Cl)ccc(F)c2Cl)n1. The molecule has 0 spiro atoms. The maximum Gasteiger partial charge on any atom is 0.257 e. The Bertz CT molecular complexity index is 657. The van der Waals surface area contributed by atoms with Gasteiger partial charge >= 0.3 is 0 Å². The predicted molar refractivity (Wildman–Crippen MR) is 77.3 cm³/mol. The van der Waals surface area contributed by atoms with Crippen LogP contribution in [0, 0.1) is 5.82 Å². The summed E-state index contributed by atoms with van der Waals surface area (Å²) in [5.41, 5.74) is 6.08. The van der Waals surface area contributed by atoms with E-state index in [1.807, 2.05) is 0 Å². The maximum absolute atomic E-state index is 13.5. The van der Waals surface area contributed by atoms with Crippen LogP contribution < -0.4 is 16.1 Å². The summed E-state index contributed by atoms with van der Waals surface area (Å²) < 4.78 is 19.0. The van der Waals surface area contributed by atoms with E-state index in [-0.39, 0.29) is 27.3 Å². The topological polar surface area (TPSA) is 61.0 Å². The number of anilines is 1. The fourth-order valence-electron chi connectivity index (χ4n) is 1.62. The molecule has 2 rings (SSSR count). The zero-order chi connectivity index (χ0) is 14.9. The maximum atomic E-state index is 13.5. The van der Waals surface area contributed by atoms with Crippen LogP contribution in [-0.2, 0) is 0 Å². The van der Waals surface area contributed by atoms with Crippen molar-refractivity contribution in [2.45, 2.75) is 13.0 Å². The molecule has 1 unspecified atom stereocenters. The van der Waals surface area contributed by atoms with Crippen molar-refractivity contribution in [3.63, 3.8) is 0 Å². The summed E-state index contributed by atoms with van der Waals surface area (Å²) in [7, 11) is 5.50. The fraction of sp³-hybridized carbons (Fsp3) is 0.167. The molecule has 102 valence electrons. The Balaban J connectivity index is 2.35. The van der Waals surface area contributed by atoms with Gasteiger partial charge in [0.25, 0.3) is 5.88 Å². The standard InChI is InChI=1S/C12H9BCl2FN3O/c1-5(9-6(14)2-3-7(16)10(9)15)20-12-11(17)18-4-8(13)19-12/h2-5H,1H3,(H2,17,18). The van der Waals surface area contributed by atoms with E-state index in [1.54, 1.807) is 6.92 Å². The highest BCUT2D eigenvalue weighted by Gasteiger charge is 2.20. The normalized spacial score (nSPS) is 12.2. The lowest BCUT2D eigenvalue weighted by Gasteiger charge is -2.18. The predicted octanol–water partition coefficient (Wildman–Crippen LogP) is 2.44. The second kappa shape index (κ2) is 5.85. The van der Waals surface area contributed by atoms with Crippen molar-refractivity contribution in [1.29, 1.82) is 0 Å². The van der Waals surface area contributed by atoms with Gasteiger partial charge < -0.3 is 10.5 Å². The number of aromatic nitrogens is 2. The van der Waals surface area contributed by atoms with Crippen molar-refractivity contribution in [3.05, 3.63) is 39.8 Å². The first-order valence-electron chi connectivity index (χ1n) is 5.58. The van der Waals surface area contributed by atoms with Gasteiger partial charge in [-0.05, 0) is 19.1 Å². The van der Waals surface area contributed by atoms with E-state index in [1.165, 1.54) is 18.3 Å². The number of hydrogen-bond acceptors (Lipinski definition) is 4. The molecule has 20 heavy (non-hydrogen) atoms. The second-order valence-electron chi connectivity index (χ2n) is 4.00. The molecule has 2 N–H and O–H groups in total. The molecule has 1 aromatic carbocycles. The van der Waals surface area contributed by atoms with Crippen LogP contribution in [0.25, 0.3) is 0 Å². The Morgan fingerprint density at radius 2 is 2.10 bits per heavy atom. The molecular weight excluding hydrogens is 303 g/mol. The van der Waals surface area contributed by atoms with E-state index in [9.17, 15) is 4.39 Å². The lowest BCUT2D eigenvalue weighted by Crippen LogP contribution is -2.15. The van der Waals surface area contributed by atoms with Crippen LogP contribution in [-0.4, -0.2) is 17.8 Å². The highest BCUT2D eigenvalue weighted by Crippen LogP contribution is 2.34. The molecule has 0 aliphatic rings. The minimum atomic E-state index is -0.677. The van der Waals surface area contributed by atoms with Gasteiger partial charge in [0.1, 0.15) is 19.8 Å². The minimum Gasteiger partial charge on any atom is -0.467 e. The van der Waals surface area contributed by atoms with Gasteiger partial charge in [-0.3, -0.25) is 0 Å². The molecular formula is C12H9BCl2FN3O. The summed E-state index contributed by atoms with van der Waals surface area (Å²) in [5, 5.41) is 0.166. The monoisotopic (exact) mass is 311 g/mol. The molecule has 0 saturated carbocycles. The molecule has 0 fully saturated rings. The van der Waals surface area contributed by atoms with Gasteiger partial charge in [-0.15, -0.1) is 0 Å². The summed E-state index contributed by atoms with van der Waals surface area (Å²) in [6.07, 6.45) is 0.624. The highest BCUT2D eigenvalue weighted by atomic mass is 35.5. The second-order valence-corrected chi connectivity index (χ2v) is 4.79. The van der Waals surface area contributed by atoms with Gasteiger partial charge in [-0.2, -0.15) is 0 Å². The summed E-state index contributed by atoms with van der Waals surface area (Å²) in [5.74, 6) is -0.489. The van der Waals surface area contributed by atoms with Gasteiger partial charge in [0, 0.05) is 22.4 Å². The number of rotatable bonds is 3. The first-order valence-corrected chi connectivity index (χ1v) is 6.33. The van der Waals surface area contributed by atoms with Crippen molar-refractivity contribution < 1.29 is 9.13 Å². The quantitative estimate of drug-likeness (QED) is 0.698. The van der Waals surface area contributed by atoms with Crippen molar-refractivity contribution in [2.24, 2.45) is 0 Å². The molecule has 2 radical (unpaired) electrons. The van der Waals surface area contributed by atoms with E-state index in [0.29, 0.717) is 5.56 Å². The molecule has 1 heterocycles. The summed E-state index contributed by atoms with van der Waals surface area (Å²) in [6.45, 7) is 1.64. The number of halogens is 3. The Kier molecular flexibility index (Phi) is 4.35. The molecule has 0 bridgehead atoms. The minimum absolute atomic E-state index is 0.0360. The number of nitrogens with two attached hydrogens (primary N) is 1. The van der Waals surface area contributed by atoms with E-state index in [0.717, 1.165) is 0 Å². The highest BCUT2D eigenvalue weighted by molar-refractivity contribution is 6.36. The summed E-state index contributed by atoms with van der Waals surface area (Å²) >= 11 is 11.9. The first-order chi connectivity index (χ1) is 9.40. The van der Waals surface area contributed by atoms with Gasteiger partial charge in [0.2, 0.25) is 0 Å². The number of hydrogen-bond donors (Lipinski definition) is 1. The van der Waals surface area contributed by atoms with Crippen LogP contribution in [0.3, 0.4) is 0 Å². The third-order valence-corrected chi connectivity index (χ3v) is 3.27. The third kappa shape index (κ3) is 2.97. The van der Waals surface area contributed by atoms with Crippen LogP contribution in [0.1, 0.15) is 18.6 Å². The van der Waals surface area contributed by atoms with E-state index in [4.69, 9.17) is 41.5 Å². The van der Waals surface area contributed by atoms with Gasteiger partial charge in [-0.25, -0.2) is 14.4 Å². The molecule has 1 atom stereocenters. The molecule has 8 heteroatoms. The largest absolute Gasteiger partial charge is 0.467 e. The van der Waals surface area contributed by atoms with E-state index < -0.39 is 11.9 Å². The number of ether oxygens (including phenoxy) is 1. The average Bonchev–Trinajstić information content (AvgIpc) is 2.39. The molecule has 0 amide bonds. The number of nitrogens with zero attached hydrogens (tertiary/aromatic N) is 2. The van der Waals surface area contributed by atoms with Gasteiger partial charge in [-0.1, -0.05) is 23.2 Å². The molecule has 4 nitrogen and oxygen atoms in total. The number of nitrogen functional groups attached to an aromatic ring is 1. The molecule has 2 aromatic rings. The third-order valence-electron chi connectivity index (χ3n) is 2.56. The van der Waals surface area contributed by atoms with Gasteiger partial charge in [0.15, 0.2) is 5.82 Å². The summed E-state index contributed by atoms with van der Waals surface area (Å²) in [4.78, 5) is 7.72. The average molecular weight is 312 g/mol. The Labute approximate surface area is 126 Å². The fourth-order valence-corrected chi connectivity index (χ4v) is 2.30. The summed E-state index contributed by atoms with van der Waals surface area (Å²) in [6, 6.07) is 2.57. The lowest BCUT2D eigenvalue weighted by atomic mass is 10.1. The van der Waals surface area contributed by atoms with Crippen molar-refractivity contribution in [1.82, 2.24) is 9.97 Å². The van der Waals surface area contributed by atoms with Crippen molar-refractivity contribution >= 4 is 42.5 Å². The van der Waals surface area contributed by atoms with E-state index >= 15 is 0 Å². The Morgan fingerprint density at radius 3 is 2.80 bits per heavy atom. The molecule has 0 aliphatic carbocycles. The van der Waals surface area contributed by atoms with Crippen LogP contribution in [0.15, 0.2) is 18.3 Å². The van der Waals surface area contributed by atoms with Crippen molar-refractivity contribution in [3.8, 4) is 5.88 Å². The zero-order valence-electron chi connectivity index (χ0n) is 10.4. The van der Waals surface area contributed by atoms with E-state index in [2.05, 4.69) is 9.97 Å². The zero-order valence-corrected chi connectivity index (χ0v) is 11.9. The van der Waals surface area contributed by atoms with Crippen LogP contribution in [0.5, 0.6) is 5.88 Å². The van der Waals surface area contributed by atoms with Crippen LogP contribution >= 0.6 is 23.2 Å². The smallest absolute Gasteiger partial charge is 0.257 e. The Morgan fingerprint density at radius 1 is 1.40 bits per heavy atom. The Hall–Kier alpha value is -1.53. The van der Waals surface area contributed by atoms with Gasteiger partial charge in [0.05, 0.1) is 5.02 Å². The first kappa shape index (κ1) is 14.9. The lowest BCUT2D eigenvalue weighted by molar-refractivity contribution is 0.218. The van der Waals surface area contributed by atoms with Crippen molar-refractivity contribution in [2.75, 3.05) is 5.73 Å². The number of benzene rings is 1. The molecule has 0 saturated heterocycles. The van der Waals surface area contributed by atoms with Crippen LogP contribution in [0.4, 0.5) is 10.2 Å². The molecule has 0 aliphatic heterocycles.